The molecule has 0 aliphatic heterocycles. The average Bonchev–Trinajstić information content (AvgIpc) is 2.53. The highest BCUT2D eigenvalue weighted by molar-refractivity contribution is 5.89. The highest BCUT2D eigenvalue weighted by Gasteiger charge is 2.11. The molecule has 2 aromatic rings. The first-order valence-electron chi connectivity index (χ1n) is 6.04. The van der Waals surface area contributed by atoms with Crippen LogP contribution in [0.5, 0.6) is 0 Å². The van der Waals surface area contributed by atoms with Crippen LogP contribution in [-0.4, -0.2) is 31.1 Å². The number of nitrogens with zero attached hydrogens (tertiary/aromatic N) is 2. The van der Waals surface area contributed by atoms with Gasteiger partial charge in [0.2, 0.25) is 6.20 Å². The van der Waals surface area contributed by atoms with E-state index in [4.69, 9.17) is 0 Å². The van der Waals surface area contributed by atoms with Gasteiger partial charge in [-0.05, 0) is 6.07 Å². The van der Waals surface area contributed by atoms with Crippen molar-refractivity contribution in [2.75, 3.05) is 14.2 Å². The molecule has 2 rings (SSSR count). The van der Waals surface area contributed by atoms with Crippen molar-refractivity contribution in [1.82, 2.24) is 4.98 Å². The molecule has 0 atom stereocenters. The summed E-state index contributed by atoms with van der Waals surface area (Å²) in [5, 5.41) is 10.6. The molecule has 2 heterocycles. The zero-order valence-corrected chi connectivity index (χ0v) is 12.2. The van der Waals surface area contributed by atoms with Crippen molar-refractivity contribution in [2.24, 2.45) is 0 Å². The third-order valence-electron chi connectivity index (χ3n) is 2.36. The Bertz CT molecular complexity index is 689. The first kappa shape index (κ1) is 18.0. The highest BCUT2D eigenvalue weighted by Crippen LogP contribution is 2.01. The number of aromatic nitrogens is 2. The number of methoxy groups -OCH3 is 2. The maximum Gasteiger partial charge on any atom is 0.344 e. The number of esters is 2. The smallest absolute Gasteiger partial charge is 0.344 e. The first-order chi connectivity index (χ1) is 10.9. The third kappa shape index (κ3) is 5.65. The summed E-state index contributed by atoms with van der Waals surface area (Å²) in [6.45, 7) is 0. The molecule has 0 fully saturated rings. The molecule has 23 heavy (non-hydrogen) atoms. The topological polar surface area (TPSA) is 92.4 Å². The minimum absolute atomic E-state index is 0.104. The van der Waals surface area contributed by atoms with Crippen LogP contribution < -0.4 is 4.73 Å². The van der Waals surface area contributed by atoms with Gasteiger partial charge in [0.1, 0.15) is 11.4 Å². The van der Waals surface area contributed by atoms with Gasteiger partial charge >= 0.3 is 11.9 Å². The Labute approximate surface area is 129 Å². The van der Waals surface area contributed by atoms with E-state index in [0.29, 0.717) is 6.20 Å². The van der Waals surface area contributed by atoms with Crippen molar-refractivity contribution in [3.05, 3.63) is 64.9 Å². The van der Waals surface area contributed by atoms with Crippen molar-refractivity contribution >= 4 is 11.9 Å². The fourth-order valence-electron chi connectivity index (χ4n) is 1.39. The Kier molecular flexibility index (Phi) is 6.53. The van der Waals surface area contributed by atoms with E-state index < -0.39 is 23.6 Å². The average molecular weight is 326 g/mol. The summed E-state index contributed by atoms with van der Waals surface area (Å²) in [6, 6.07) is 2.00. The predicted molar refractivity (Wildman–Crippen MR) is 72.2 cm³/mol. The molecule has 0 radical (unpaired) electrons. The molecule has 0 bridgehead atoms. The number of ether oxygens (including phenoxy) is 2. The molecule has 9 heteroatoms. The minimum Gasteiger partial charge on any atom is -0.619 e. The number of halogens is 2. The van der Waals surface area contributed by atoms with Crippen LogP contribution in [0.1, 0.15) is 20.7 Å². The lowest BCUT2D eigenvalue weighted by molar-refractivity contribution is -0.607. The lowest BCUT2D eigenvalue weighted by Gasteiger charge is -1.99. The quantitative estimate of drug-likeness (QED) is 0.468. The fourth-order valence-corrected chi connectivity index (χ4v) is 1.39. The molecule has 0 N–H and O–H groups in total. The summed E-state index contributed by atoms with van der Waals surface area (Å²) in [6.07, 6.45) is 3.92. The van der Waals surface area contributed by atoms with Crippen LogP contribution in [-0.2, 0) is 9.47 Å². The minimum atomic E-state index is -0.770. The number of pyridine rings is 2. The van der Waals surface area contributed by atoms with Crippen LogP contribution in [0.25, 0.3) is 0 Å². The van der Waals surface area contributed by atoms with E-state index in [2.05, 4.69) is 14.5 Å². The summed E-state index contributed by atoms with van der Waals surface area (Å²) in [4.78, 5) is 25.0. The fraction of sp³-hybridized carbons (Fsp3) is 0.143. The van der Waals surface area contributed by atoms with Crippen LogP contribution in [0, 0.1) is 16.8 Å². The molecule has 122 valence electrons. The van der Waals surface area contributed by atoms with Crippen LogP contribution in [0.4, 0.5) is 8.78 Å². The Hall–Kier alpha value is -3.10. The first-order valence-corrected chi connectivity index (χ1v) is 6.04. The number of rotatable bonds is 2. The van der Waals surface area contributed by atoms with Gasteiger partial charge in [-0.25, -0.2) is 18.4 Å². The molecule has 0 aromatic carbocycles. The molecular formula is C14H12F2N2O5. The molecular weight excluding hydrogens is 314 g/mol. The molecule has 0 aliphatic rings. The molecule has 7 nitrogen and oxygen atoms in total. The zero-order chi connectivity index (χ0) is 17.4. The van der Waals surface area contributed by atoms with E-state index in [1.165, 1.54) is 13.3 Å². The lowest BCUT2D eigenvalue weighted by atomic mass is 10.3. The molecule has 0 saturated carbocycles. The molecule has 0 spiro atoms. The van der Waals surface area contributed by atoms with Crippen LogP contribution in [0.3, 0.4) is 0 Å². The van der Waals surface area contributed by atoms with Gasteiger partial charge < -0.3 is 14.7 Å². The number of carbonyl (C=O) groups is 2. The van der Waals surface area contributed by atoms with Crippen molar-refractivity contribution in [1.29, 1.82) is 0 Å². The molecule has 0 amide bonds. The monoisotopic (exact) mass is 326 g/mol. The Morgan fingerprint density at radius 3 is 2.09 bits per heavy atom. The zero-order valence-electron chi connectivity index (χ0n) is 12.2. The largest absolute Gasteiger partial charge is 0.619 e. The number of hydrogen-bond acceptors (Lipinski definition) is 6. The van der Waals surface area contributed by atoms with Crippen molar-refractivity contribution < 1.29 is 32.6 Å². The Morgan fingerprint density at radius 1 is 1.00 bits per heavy atom. The molecule has 0 saturated heterocycles. The van der Waals surface area contributed by atoms with Gasteiger partial charge in [-0.1, -0.05) is 0 Å². The lowest BCUT2D eigenvalue weighted by Crippen LogP contribution is -2.27. The summed E-state index contributed by atoms with van der Waals surface area (Å²) in [5.74, 6) is -2.64. The van der Waals surface area contributed by atoms with Gasteiger partial charge in [-0.2, -0.15) is 4.73 Å². The second kappa shape index (κ2) is 8.37. The van der Waals surface area contributed by atoms with Gasteiger partial charge in [0.15, 0.2) is 12.0 Å². The van der Waals surface area contributed by atoms with Gasteiger partial charge in [0, 0.05) is 12.3 Å². The van der Waals surface area contributed by atoms with E-state index in [-0.39, 0.29) is 15.9 Å². The van der Waals surface area contributed by atoms with Gasteiger partial charge in [-0.15, -0.1) is 0 Å². The van der Waals surface area contributed by atoms with E-state index in [1.807, 2.05) is 0 Å². The Balaban J connectivity index is 0.000000231. The van der Waals surface area contributed by atoms with E-state index in [1.54, 1.807) is 0 Å². The maximum absolute atomic E-state index is 12.5. The molecule has 0 unspecified atom stereocenters. The second-order valence-electron chi connectivity index (χ2n) is 3.98. The van der Waals surface area contributed by atoms with E-state index in [0.717, 1.165) is 31.6 Å². The van der Waals surface area contributed by atoms with Crippen LogP contribution in [0.15, 0.2) is 36.9 Å². The van der Waals surface area contributed by atoms with Crippen molar-refractivity contribution in [2.45, 2.75) is 0 Å². The van der Waals surface area contributed by atoms with Crippen molar-refractivity contribution in [3.63, 3.8) is 0 Å². The van der Waals surface area contributed by atoms with E-state index >= 15 is 0 Å². The standard InChI is InChI=1S/C7H6FNO3.C7H6FNO2/c1-12-7(10)5-2-6(8)4-9(11)3-5;1-11-7(10)5-2-6(8)4-9-3-5/h2-4H,1H3;2-4H,1H3. The number of hydrogen-bond donors (Lipinski definition) is 0. The second-order valence-corrected chi connectivity index (χ2v) is 3.98. The summed E-state index contributed by atoms with van der Waals surface area (Å²) in [7, 11) is 2.38. The third-order valence-corrected chi connectivity index (χ3v) is 2.36. The Morgan fingerprint density at radius 2 is 1.57 bits per heavy atom. The van der Waals surface area contributed by atoms with Crippen LogP contribution in [0.2, 0.25) is 0 Å². The maximum atomic E-state index is 12.5. The van der Waals surface area contributed by atoms with Gasteiger partial charge in [-0.3, -0.25) is 4.98 Å². The van der Waals surface area contributed by atoms with E-state index in [9.17, 15) is 23.6 Å². The summed E-state index contributed by atoms with van der Waals surface area (Å²) in [5.41, 5.74) is 0.0139. The highest BCUT2D eigenvalue weighted by atomic mass is 19.1. The van der Waals surface area contributed by atoms with Gasteiger partial charge in [0.05, 0.1) is 26.0 Å². The predicted octanol–water partition coefficient (Wildman–Crippen LogP) is 1.25. The van der Waals surface area contributed by atoms with Crippen LogP contribution >= 0.6 is 0 Å². The molecule has 0 aliphatic carbocycles. The SMILES string of the molecule is COC(=O)c1cc(F)c[n+]([O-])c1.COC(=O)c1cncc(F)c1. The summed E-state index contributed by atoms with van der Waals surface area (Å²) >= 11 is 0. The van der Waals surface area contributed by atoms with Gasteiger partial charge in [0.25, 0.3) is 0 Å². The molecule has 2 aromatic heterocycles. The number of carbonyl (C=O) groups excluding carboxylic acids is 2. The normalized spacial score (nSPS) is 9.39. The summed E-state index contributed by atoms with van der Waals surface area (Å²) < 4.78 is 33.7. The van der Waals surface area contributed by atoms with Crippen molar-refractivity contribution in [3.8, 4) is 0 Å².